The molecule has 2 rings (SSSR count). The summed E-state index contributed by atoms with van der Waals surface area (Å²) in [7, 11) is 0. The van der Waals surface area contributed by atoms with E-state index in [4.69, 9.17) is 4.74 Å². The molecule has 0 aliphatic carbocycles. The Balaban J connectivity index is 2.22. The van der Waals surface area contributed by atoms with Crippen molar-refractivity contribution in [2.45, 2.75) is 20.8 Å². The van der Waals surface area contributed by atoms with E-state index >= 15 is 0 Å². The lowest BCUT2D eigenvalue weighted by molar-refractivity contribution is -0.139. The highest BCUT2D eigenvalue weighted by Crippen LogP contribution is 2.25. The summed E-state index contributed by atoms with van der Waals surface area (Å²) in [5.41, 5.74) is 0. The van der Waals surface area contributed by atoms with Gasteiger partial charge in [-0.3, -0.25) is 4.79 Å². The molecule has 0 aliphatic rings. The van der Waals surface area contributed by atoms with Crippen molar-refractivity contribution in [3.05, 3.63) is 36.4 Å². The number of phenolic OH excluding ortho intramolecular Hbond substituents is 1. The minimum absolute atomic E-state index is 0.129. The first kappa shape index (κ1) is 13.4. The molecule has 0 fully saturated rings. The number of fused-ring (bicyclic) bond motifs is 1. The molecule has 19 heavy (non-hydrogen) atoms. The van der Waals surface area contributed by atoms with Crippen LogP contribution in [0.3, 0.4) is 0 Å². The molecule has 0 aromatic heterocycles. The first-order valence-electron chi connectivity index (χ1n) is 6.42. The number of hydrogen-bond donors (Lipinski definition) is 1. The van der Waals surface area contributed by atoms with Crippen molar-refractivity contribution >= 4 is 16.7 Å². The van der Waals surface area contributed by atoms with Crippen LogP contribution >= 0.6 is 0 Å². The van der Waals surface area contributed by atoms with Gasteiger partial charge in [0.1, 0.15) is 11.5 Å². The van der Waals surface area contributed by atoms with Gasteiger partial charge in [0.15, 0.2) is 0 Å². The molecular formula is C16H18O3. The Hall–Kier alpha value is -2.03. The van der Waals surface area contributed by atoms with Crippen LogP contribution in [0.2, 0.25) is 0 Å². The molecule has 0 spiro atoms. The number of carbonyl (C=O) groups excluding carboxylic acids is 1. The maximum absolute atomic E-state index is 11.9. The minimum Gasteiger partial charge on any atom is -0.508 e. The molecule has 1 N–H and O–H groups in total. The van der Waals surface area contributed by atoms with Crippen LogP contribution in [0.25, 0.3) is 10.8 Å². The first-order chi connectivity index (χ1) is 8.97. The van der Waals surface area contributed by atoms with Crippen LogP contribution in [0, 0.1) is 11.8 Å². The molecule has 3 heteroatoms. The summed E-state index contributed by atoms with van der Waals surface area (Å²) in [5, 5.41) is 11.2. The summed E-state index contributed by atoms with van der Waals surface area (Å²) in [6.45, 7) is 5.86. The van der Waals surface area contributed by atoms with E-state index in [1.165, 1.54) is 0 Å². The van der Waals surface area contributed by atoms with E-state index < -0.39 is 0 Å². The van der Waals surface area contributed by atoms with Gasteiger partial charge in [-0.15, -0.1) is 0 Å². The Morgan fingerprint density at radius 2 is 1.68 bits per heavy atom. The van der Waals surface area contributed by atoms with Gasteiger partial charge in [0.25, 0.3) is 0 Å². The highest BCUT2D eigenvalue weighted by atomic mass is 16.5. The molecule has 0 saturated carbocycles. The predicted molar refractivity (Wildman–Crippen MR) is 75.2 cm³/mol. The van der Waals surface area contributed by atoms with E-state index in [1.807, 2.05) is 26.8 Å². The monoisotopic (exact) mass is 258 g/mol. The Bertz CT molecular complexity index is 602. The molecule has 0 bridgehead atoms. The van der Waals surface area contributed by atoms with Crippen molar-refractivity contribution in [3.8, 4) is 11.5 Å². The average molecular weight is 258 g/mol. The molecular weight excluding hydrogens is 240 g/mol. The van der Waals surface area contributed by atoms with E-state index in [2.05, 4.69) is 0 Å². The fourth-order valence-corrected chi connectivity index (χ4v) is 1.76. The van der Waals surface area contributed by atoms with Crippen molar-refractivity contribution < 1.29 is 14.6 Å². The van der Waals surface area contributed by atoms with Gasteiger partial charge < -0.3 is 9.84 Å². The minimum atomic E-state index is -0.215. The fourth-order valence-electron chi connectivity index (χ4n) is 1.76. The van der Waals surface area contributed by atoms with Crippen LogP contribution in [0.1, 0.15) is 20.8 Å². The zero-order valence-electron chi connectivity index (χ0n) is 11.4. The average Bonchev–Trinajstić information content (AvgIpc) is 2.37. The van der Waals surface area contributed by atoms with Crippen LogP contribution in [0.4, 0.5) is 0 Å². The normalized spacial score (nSPS) is 12.6. The van der Waals surface area contributed by atoms with E-state index in [9.17, 15) is 9.90 Å². The highest BCUT2D eigenvalue weighted by Gasteiger charge is 2.18. The van der Waals surface area contributed by atoms with Crippen molar-refractivity contribution in [3.63, 3.8) is 0 Å². The molecule has 2 aromatic rings. The maximum Gasteiger partial charge on any atom is 0.314 e. The zero-order valence-corrected chi connectivity index (χ0v) is 11.4. The standard InChI is InChI=1S/C16H18O3/c1-10(2)11(3)16(18)19-15-7-5-12-8-14(17)6-4-13(12)9-15/h4-11,17H,1-3H3. The molecule has 2 aromatic carbocycles. The SMILES string of the molecule is CC(C)C(C)C(=O)Oc1ccc2cc(O)ccc2c1. The summed E-state index contributed by atoms with van der Waals surface area (Å²) >= 11 is 0. The van der Waals surface area contributed by atoms with Crippen LogP contribution < -0.4 is 4.74 Å². The van der Waals surface area contributed by atoms with E-state index in [1.54, 1.807) is 30.3 Å². The molecule has 100 valence electrons. The molecule has 0 saturated heterocycles. The highest BCUT2D eigenvalue weighted by molar-refractivity contribution is 5.86. The lowest BCUT2D eigenvalue weighted by atomic mass is 9.98. The van der Waals surface area contributed by atoms with Gasteiger partial charge in [-0.05, 0) is 41.0 Å². The summed E-state index contributed by atoms with van der Waals surface area (Å²) in [5.74, 6) is 0.676. The topological polar surface area (TPSA) is 46.5 Å². The van der Waals surface area contributed by atoms with Gasteiger partial charge in [0.2, 0.25) is 0 Å². The molecule has 0 radical (unpaired) electrons. The van der Waals surface area contributed by atoms with Crippen LogP contribution in [0.15, 0.2) is 36.4 Å². The Morgan fingerprint density at radius 1 is 1.05 bits per heavy atom. The predicted octanol–water partition coefficient (Wildman–Crippen LogP) is 3.74. The molecule has 0 amide bonds. The fraction of sp³-hybridized carbons (Fsp3) is 0.312. The smallest absolute Gasteiger partial charge is 0.314 e. The van der Waals surface area contributed by atoms with E-state index in [0.717, 1.165) is 10.8 Å². The molecule has 1 unspecified atom stereocenters. The number of carbonyl (C=O) groups is 1. The van der Waals surface area contributed by atoms with Gasteiger partial charge in [-0.2, -0.15) is 0 Å². The zero-order chi connectivity index (χ0) is 14.0. The third kappa shape index (κ3) is 3.05. The lowest BCUT2D eigenvalue weighted by Gasteiger charge is -2.14. The van der Waals surface area contributed by atoms with Crippen LogP contribution in [0.5, 0.6) is 11.5 Å². The summed E-state index contributed by atoms with van der Waals surface area (Å²) < 4.78 is 5.37. The molecule has 3 nitrogen and oxygen atoms in total. The second-order valence-corrected chi connectivity index (χ2v) is 5.15. The Morgan fingerprint density at radius 3 is 2.37 bits per heavy atom. The summed E-state index contributed by atoms with van der Waals surface area (Å²) in [4.78, 5) is 11.9. The van der Waals surface area contributed by atoms with E-state index in [-0.39, 0.29) is 23.6 Å². The maximum atomic E-state index is 11.9. The van der Waals surface area contributed by atoms with Crippen molar-refractivity contribution in [2.75, 3.05) is 0 Å². The first-order valence-corrected chi connectivity index (χ1v) is 6.42. The number of esters is 1. The Kier molecular flexibility index (Phi) is 3.74. The van der Waals surface area contributed by atoms with E-state index in [0.29, 0.717) is 5.75 Å². The molecule has 0 aliphatic heterocycles. The number of rotatable bonds is 3. The van der Waals surface area contributed by atoms with Crippen molar-refractivity contribution in [1.82, 2.24) is 0 Å². The number of phenols is 1. The van der Waals surface area contributed by atoms with Gasteiger partial charge in [0, 0.05) is 0 Å². The van der Waals surface area contributed by atoms with Crippen molar-refractivity contribution in [1.29, 1.82) is 0 Å². The largest absolute Gasteiger partial charge is 0.508 e. The number of aromatic hydroxyl groups is 1. The van der Waals surface area contributed by atoms with Crippen LogP contribution in [-0.2, 0) is 4.79 Å². The lowest BCUT2D eigenvalue weighted by Crippen LogP contribution is -2.22. The van der Waals surface area contributed by atoms with Gasteiger partial charge in [-0.1, -0.05) is 32.9 Å². The number of ether oxygens (including phenoxy) is 1. The Labute approximate surface area is 112 Å². The molecule has 1 atom stereocenters. The van der Waals surface area contributed by atoms with Gasteiger partial charge in [-0.25, -0.2) is 0 Å². The number of benzene rings is 2. The third-order valence-corrected chi connectivity index (χ3v) is 3.39. The van der Waals surface area contributed by atoms with Gasteiger partial charge in [0.05, 0.1) is 5.92 Å². The summed E-state index contributed by atoms with van der Waals surface area (Å²) in [6.07, 6.45) is 0. The quantitative estimate of drug-likeness (QED) is 0.673. The van der Waals surface area contributed by atoms with Crippen LogP contribution in [-0.4, -0.2) is 11.1 Å². The summed E-state index contributed by atoms with van der Waals surface area (Å²) in [6, 6.07) is 10.5. The van der Waals surface area contributed by atoms with Gasteiger partial charge >= 0.3 is 5.97 Å². The number of hydrogen-bond acceptors (Lipinski definition) is 3. The third-order valence-electron chi connectivity index (χ3n) is 3.39. The molecule has 0 heterocycles. The second-order valence-electron chi connectivity index (χ2n) is 5.15. The second kappa shape index (κ2) is 5.31. The van der Waals surface area contributed by atoms with Crippen molar-refractivity contribution in [2.24, 2.45) is 11.8 Å².